The van der Waals surface area contributed by atoms with Crippen LogP contribution in [0.15, 0.2) is 42.5 Å². The molecule has 2 aromatic rings. The summed E-state index contributed by atoms with van der Waals surface area (Å²) in [6.07, 6.45) is 0.963. The first-order chi connectivity index (χ1) is 9.15. The fraction of sp³-hybridized carbons (Fsp3) is 0.250. The minimum Gasteiger partial charge on any atom is -0.341 e. The van der Waals surface area contributed by atoms with Crippen LogP contribution in [0.1, 0.15) is 24.1 Å². The summed E-state index contributed by atoms with van der Waals surface area (Å²) in [5, 5.41) is 0. The number of hydrogen-bond acceptors (Lipinski definition) is 2. The van der Waals surface area contributed by atoms with Crippen molar-refractivity contribution in [3.63, 3.8) is 0 Å². The molecule has 2 N–H and O–H groups in total. The number of fused-ring (bicyclic) bond motifs is 1. The first kappa shape index (κ1) is 12.2. The van der Waals surface area contributed by atoms with Gasteiger partial charge in [-0.1, -0.05) is 18.2 Å². The molecule has 0 saturated carbocycles. The molecule has 0 spiro atoms. The molecule has 19 heavy (non-hydrogen) atoms. The Bertz CT molecular complexity index is 590. The molecule has 1 atom stereocenters. The summed E-state index contributed by atoms with van der Waals surface area (Å²) in [5.74, 6) is -0.183. The molecule has 0 bridgehead atoms. The second-order valence-corrected chi connectivity index (χ2v) is 5.05. The lowest BCUT2D eigenvalue weighted by molar-refractivity contribution is 0.628. The van der Waals surface area contributed by atoms with Crippen LogP contribution in [0.5, 0.6) is 0 Å². The smallest absolute Gasteiger partial charge is 0.125 e. The van der Waals surface area contributed by atoms with E-state index in [1.807, 2.05) is 25.1 Å². The number of hydrogen-bond donors (Lipinski definition) is 1. The maximum absolute atomic E-state index is 13.4. The van der Waals surface area contributed by atoms with E-state index in [1.54, 1.807) is 6.07 Å². The third kappa shape index (κ3) is 2.22. The van der Waals surface area contributed by atoms with Gasteiger partial charge in [-0.05, 0) is 48.7 Å². The van der Waals surface area contributed by atoms with E-state index in [0.29, 0.717) is 0 Å². The van der Waals surface area contributed by atoms with Gasteiger partial charge in [0, 0.05) is 24.0 Å². The van der Waals surface area contributed by atoms with Crippen molar-refractivity contribution in [3.8, 4) is 0 Å². The highest BCUT2D eigenvalue weighted by Crippen LogP contribution is 2.35. The van der Waals surface area contributed by atoms with E-state index in [9.17, 15) is 4.39 Å². The quantitative estimate of drug-likeness (QED) is 0.890. The van der Waals surface area contributed by atoms with E-state index >= 15 is 0 Å². The lowest BCUT2D eigenvalue weighted by Crippen LogP contribution is -2.13. The summed E-state index contributed by atoms with van der Waals surface area (Å²) in [7, 11) is 0. The van der Waals surface area contributed by atoms with Crippen molar-refractivity contribution in [1.82, 2.24) is 0 Å². The lowest BCUT2D eigenvalue weighted by atomic mass is 10.1. The van der Waals surface area contributed by atoms with Crippen LogP contribution in [-0.4, -0.2) is 6.54 Å². The predicted molar refractivity (Wildman–Crippen MR) is 76.2 cm³/mol. The highest BCUT2D eigenvalue weighted by molar-refractivity contribution is 5.70. The van der Waals surface area contributed by atoms with E-state index < -0.39 is 0 Å². The molecule has 1 aliphatic heterocycles. The van der Waals surface area contributed by atoms with Gasteiger partial charge < -0.3 is 10.6 Å². The van der Waals surface area contributed by atoms with Crippen molar-refractivity contribution in [2.45, 2.75) is 19.4 Å². The van der Waals surface area contributed by atoms with Gasteiger partial charge in [0.25, 0.3) is 0 Å². The molecule has 0 aromatic heterocycles. The Balaban J connectivity index is 1.95. The Labute approximate surface area is 112 Å². The van der Waals surface area contributed by atoms with Gasteiger partial charge in [-0.3, -0.25) is 0 Å². The van der Waals surface area contributed by atoms with Gasteiger partial charge in [-0.2, -0.15) is 0 Å². The van der Waals surface area contributed by atoms with Gasteiger partial charge in [0.2, 0.25) is 0 Å². The monoisotopic (exact) mass is 256 g/mol. The SMILES string of the molecule is C[C@@H](N)c1ccc(N2CCc3ccc(F)cc32)cc1. The number of rotatable bonds is 2. The van der Waals surface area contributed by atoms with Crippen molar-refractivity contribution >= 4 is 11.4 Å². The largest absolute Gasteiger partial charge is 0.341 e. The second kappa shape index (κ2) is 4.67. The summed E-state index contributed by atoms with van der Waals surface area (Å²) in [4.78, 5) is 2.16. The van der Waals surface area contributed by atoms with E-state index in [1.165, 1.54) is 11.6 Å². The highest BCUT2D eigenvalue weighted by atomic mass is 19.1. The van der Waals surface area contributed by atoms with Gasteiger partial charge in [0.15, 0.2) is 0 Å². The summed E-state index contributed by atoms with van der Waals surface area (Å²) in [5.41, 5.74) is 10.2. The van der Waals surface area contributed by atoms with Gasteiger partial charge in [-0.25, -0.2) is 4.39 Å². The second-order valence-electron chi connectivity index (χ2n) is 5.05. The molecule has 0 unspecified atom stereocenters. The van der Waals surface area contributed by atoms with E-state index in [-0.39, 0.29) is 11.9 Å². The van der Waals surface area contributed by atoms with Crippen LogP contribution in [0.4, 0.5) is 15.8 Å². The number of nitrogens with two attached hydrogens (primary N) is 1. The predicted octanol–water partition coefficient (Wildman–Crippen LogP) is 3.54. The summed E-state index contributed by atoms with van der Waals surface area (Å²) >= 11 is 0. The zero-order valence-electron chi connectivity index (χ0n) is 10.9. The molecule has 2 aromatic carbocycles. The minimum atomic E-state index is -0.183. The van der Waals surface area contributed by atoms with E-state index in [0.717, 1.165) is 29.9 Å². The van der Waals surface area contributed by atoms with Crippen LogP contribution >= 0.6 is 0 Å². The molecule has 0 amide bonds. The normalized spacial score (nSPS) is 15.4. The Morgan fingerprint density at radius 3 is 2.58 bits per heavy atom. The average molecular weight is 256 g/mol. The molecule has 3 heteroatoms. The van der Waals surface area contributed by atoms with Crippen LogP contribution < -0.4 is 10.6 Å². The summed E-state index contributed by atoms with van der Waals surface area (Å²) in [6, 6.07) is 13.2. The molecule has 1 aliphatic rings. The molecule has 0 radical (unpaired) electrons. The van der Waals surface area contributed by atoms with Crippen molar-refractivity contribution < 1.29 is 4.39 Å². The van der Waals surface area contributed by atoms with Crippen LogP contribution in [0, 0.1) is 5.82 Å². The van der Waals surface area contributed by atoms with E-state index in [2.05, 4.69) is 17.0 Å². The Hall–Kier alpha value is -1.87. The first-order valence-electron chi connectivity index (χ1n) is 6.56. The fourth-order valence-corrected chi connectivity index (χ4v) is 2.58. The van der Waals surface area contributed by atoms with Crippen LogP contribution in [-0.2, 0) is 6.42 Å². The average Bonchev–Trinajstić information content (AvgIpc) is 2.81. The van der Waals surface area contributed by atoms with Crippen molar-refractivity contribution in [2.75, 3.05) is 11.4 Å². The first-order valence-corrected chi connectivity index (χ1v) is 6.56. The molecule has 0 fully saturated rings. The van der Waals surface area contributed by atoms with Gasteiger partial charge >= 0.3 is 0 Å². The Kier molecular flexibility index (Phi) is 2.99. The topological polar surface area (TPSA) is 29.3 Å². The zero-order valence-corrected chi connectivity index (χ0v) is 10.9. The molecule has 98 valence electrons. The van der Waals surface area contributed by atoms with Crippen molar-refractivity contribution in [1.29, 1.82) is 0 Å². The van der Waals surface area contributed by atoms with E-state index in [4.69, 9.17) is 5.73 Å². The third-order valence-electron chi connectivity index (χ3n) is 3.67. The standard InChI is InChI=1S/C16H17FN2/c1-11(18)12-3-6-15(7-4-12)19-9-8-13-2-5-14(17)10-16(13)19/h2-7,10-11H,8-9,18H2,1H3/t11-/m1/s1. The van der Waals surface area contributed by atoms with Crippen molar-refractivity contribution in [3.05, 3.63) is 59.4 Å². The van der Waals surface area contributed by atoms with Crippen LogP contribution in [0.2, 0.25) is 0 Å². The molecular weight excluding hydrogens is 239 g/mol. The number of halogens is 1. The van der Waals surface area contributed by atoms with Gasteiger partial charge in [0.1, 0.15) is 5.82 Å². The zero-order chi connectivity index (χ0) is 13.4. The molecule has 0 aliphatic carbocycles. The molecular formula is C16H17FN2. The number of nitrogens with zero attached hydrogens (tertiary/aromatic N) is 1. The summed E-state index contributed by atoms with van der Waals surface area (Å²) < 4.78 is 13.4. The number of anilines is 2. The highest BCUT2D eigenvalue weighted by Gasteiger charge is 2.20. The molecule has 3 rings (SSSR count). The Morgan fingerprint density at radius 2 is 1.89 bits per heavy atom. The van der Waals surface area contributed by atoms with Crippen LogP contribution in [0.3, 0.4) is 0 Å². The fourth-order valence-electron chi connectivity index (χ4n) is 2.58. The molecule has 2 nitrogen and oxygen atoms in total. The molecule has 1 heterocycles. The molecule has 0 saturated heterocycles. The van der Waals surface area contributed by atoms with Crippen LogP contribution in [0.25, 0.3) is 0 Å². The third-order valence-corrected chi connectivity index (χ3v) is 3.67. The Morgan fingerprint density at radius 1 is 1.16 bits per heavy atom. The lowest BCUT2D eigenvalue weighted by Gasteiger charge is -2.20. The minimum absolute atomic E-state index is 0.0392. The van der Waals surface area contributed by atoms with Crippen molar-refractivity contribution in [2.24, 2.45) is 5.73 Å². The van der Waals surface area contributed by atoms with Gasteiger partial charge in [0.05, 0.1) is 0 Å². The number of benzene rings is 2. The van der Waals surface area contributed by atoms with Gasteiger partial charge in [-0.15, -0.1) is 0 Å². The maximum atomic E-state index is 13.4. The maximum Gasteiger partial charge on any atom is 0.125 e. The summed E-state index contributed by atoms with van der Waals surface area (Å²) in [6.45, 7) is 2.87.